The fraction of sp³-hybridized carbons (Fsp3) is 0.294. The van der Waals surface area contributed by atoms with Crippen molar-refractivity contribution in [2.45, 2.75) is 18.9 Å². The van der Waals surface area contributed by atoms with E-state index in [1.165, 1.54) is 16.7 Å². The summed E-state index contributed by atoms with van der Waals surface area (Å²) in [6, 6.07) is 7.15. The third-order valence-corrected chi connectivity index (χ3v) is 4.96. The molecule has 2 heterocycles. The molecule has 126 valence electrons. The van der Waals surface area contributed by atoms with Crippen LogP contribution in [-0.2, 0) is 20.9 Å². The molecule has 1 aromatic carbocycles. The van der Waals surface area contributed by atoms with Crippen LogP contribution in [-0.4, -0.2) is 35.9 Å². The van der Waals surface area contributed by atoms with Crippen LogP contribution in [0.25, 0.3) is 0 Å². The molecule has 0 N–H and O–H groups in total. The third-order valence-electron chi connectivity index (χ3n) is 3.90. The first-order chi connectivity index (χ1) is 11.6. The van der Waals surface area contributed by atoms with Gasteiger partial charge in [-0.2, -0.15) is 0 Å². The van der Waals surface area contributed by atoms with Crippen molar-refractivity contribution < 1.29 is 23.5 Å². The van der Waals surface area contributed by atoms with Crippen molar-refractivity contribution >= 4 is 23.6 Å². The van der Waals surface area contributed by atoms with E-state index in [1.807, 2.05) is 0 Å². The van der Waals surface area contributed by atoms with Crippen LogP contribution in [0.4, 0.5) is 4.39 Å². The molecule has 1 atom stereocenters. The summed E-state index contributed by atoms with van der Waals surface area (Å²) >= 11 is 1.31. The predicted octanol–water partition coefficient (Wildman–Crippen LogP) is 2.78. The van der Waals surface area contributed by atoms with Gasteiger partial charge in [-0.3, -0.25) is 9.69 Å². The molecular weight excluding hydrogens is 333 g/mol. The van der Waals surface area contributed by atoms with E-state index < -0.39 is 12.6 Å². The van der Waals surface area contributed by atoms with Crippen molar-refractivity contribution in [2.24, 2.45) is 0 Å². The van der Waals surface area contributed by atoms with Crippen LogP contribution in [0.5, 0.6) is 5.75 Å². The molecule has 1 saturated heterocycles. The van der Waals surface area contributed by atoms with Gasteiger partial charge in [0.2, 0.25) is 0 Å². The molecule has 24 heavy (non-hydrogen) atoms. The number of ether oxygens (including phenoxy) is 2. The van der Waals surface area contributed by atoms with Crippen LogP contribution >= 0.6 is 11.8 Å². The van der Waals surface area contributed by atoms with E-state index in [0.29, 0.717) is 11.1 Å². The number of nitrogens with zero attached hydrogens (tertiary/aromatic N) is 1. The van der Waals surface area contributed by atoms with Gasteiger partial charge in [0.15, 0.2) is 0 Å². The van der Waals surface area contributed by atoms with Crippen molar-refractivity contribution in [3.05, 3.63) is 52.1 Å². The summed E-state index contributed by atoms with van der Waals surface area (Å²) in [5, 5.41) is 1.29. The Balaban J connectivity index is 1.62. The molecule has 0 bridgehead atoms. The highest BCUT2D eigenvalue weighted by Crippen LogP contribution is 2.45. The number of alkyl halides is 1. The summed E-state index contributed by atoms with van der Waals surface area (Å²) in [6.45, 7) is 1.03. The van der Waals surface area contributed by atoms with Gasteiger partial charge in [-0.05, 0) is 30.2 Å². The number of β-lactam (4-membered cyclic amide) rings is 1. The molecule has 7 heteroatoms. The first-order valence-corrected chi connectivity index (χ1v) is 8.26. The highest BCUT2D eigenvalue weighted by Gasteiger charge is 2.50. The average molecular weight is 349 g/mol. The Bertz CT molecular complexity index is 741. The number of fused-ring (bicyclic) bond motifs is 1. The molecule has 2 aliphatic rings. The van der Waals surface area contributed by atoms with Gasteiger partial charge in [0.25, 0.3) is 5.91 Å². The molecule has 0 saturated carbocycles. The van der Waals surface area contributed by atoms with Gasteiger partial charge in [0.1, 0.15) is 30.1 Å². The Morgan fingerprint density at radius 3 is 2.67 bits per heavy atom. The Hall–Kier alpha value is -2.28. The molecule has 1 aromatic rings. The molecule has 0 unspecified atom stereocenters. The zero-order valence-corrected chi connectivity index (χ0v) is 14.1. The number of methoxy groups -OCH3 is 1. The minimum Gasteiger partial charge on any atom is -0.497 e. The molecule has 1 fully saturated rings. The number of hydrogen-bond donors (Lipinski definition) is 0. The topological polar surface area (TPSA) is 55.8 Å². The van der Waals surface area contributed by atoms with Crippen molar-refractivity contribution in [3.8, 4) is 5.75 Å². The highest BCUT2D eigenvalue weighted by atomic mass is 32.2. The van der Waals surface area contributed by atoms with Crippen molar-refractivity contribution in [1.82, 2.24) is 4.90 Å². The van der Waals surface area contributed by atoms with E-state index in [4.69, 9.17) is 9.47 Å². The minimum absolute atomic E-state index is 0.101. The molecule has 1 amide bonds. The second kappa shape index (κ2) is 6.68. The standard InChI is InChI=1S/C17H16FNO4S/c1-10(7-18)14-15(20)19-13(9-24-16(14)19)17(21)23-8-11-3-5-12(22-2)6-4-11/h3-6,9,16H,7-8H2,1-2H3/t16-/m1/s1. The van der Waals surface area contributed by atoms with E-state index in [2.05, 4.69) is 0 Å². The van der Waals surface area contributed by atoms with E-state index in [9.17, 15) is 14.0 Å². The van der Waals surface area contributed by atoms with Crippen LogP contribution in [0.3, 0.4) is 0 Å². The lowest BCUT2D eigenvalue weighted by molar-refractivity contribution is -0.146. The molecular formula is C17H16FNO4S. The molecule has 0 radical (unpaired) electrons. The largest absolute Gasteiger partial charge is 0.497 e. The van der Waals surface area contributed by atoms with Crippen molar-refractivity contribution in [1.29, 1.82) is 0 Å². The van der Waals surface area contributed by atoms with Crippen LogP contribution in [0.15, 0.2) is 46.5 Å². The number of carbonyl (C=O) groups excluding carboxylic acids is 2. The fourth-order valence-corrected chi connectivity index (χ4v) is 3.75. The summed E-state index contributed by atoms with van der Waals surface area (Å²) in [4.78, 5) is 25.7. The molecule has 5 nitrogen and oxygen atoms in total. The maximum absolute atomic E-state index is 12.8. The van der Waals surface area contributed by atoms with E-state index >= 15 is 0 Å². The lowest BCUT2D eigenvalue weighted by Crippen LogP contribution is -2.52. The van der Waals surface area contributed by atoms with Gasteiger partial charge in [-0.15, -0.1) is 11.8 Å². The number of thioether (sulfide) groups is 1. The molecule has 2 aliphatic heterocycles. The SMILES string of the molecule is COc1ccc(COC(=O)C2=CS[C@@H]3C(=C(C)CF)C(=O)N23)cc1. The highest BCUT2D eigenvalue weighted by molar-refractivity contribution is 8.03. The maximum atomic E-state index is 12.8. The van der Waals surface area contributed by atoms with Gasteiger partial charge in [-0.1, -0.05) is 12.1 Å². The first kappa shape index (κ1) is 16.6. The zero-order valence-electron chi connectivity index (χ0n) is 13.2. The summed E-state index contributed by atoms with van der Waals surface area (Å²) in [5.41, 5.74) is 1.88. The van der Waals surface area contributed by atoms with Gasteiger partial charge in [0.05, 0.1) is 12.7 Å². The van der Waals surface area contributed by atoms with Gasteiger partial charge in [-0.25, -0.2) is 9.18 Å². The third kappa shape index (κ3) is 2.80. The number of rotatable bonds is 5. The number of carbonyl (C=O) groups is 2. The lowest BCUT2D eigenvalue weighted by Gasteiger charge is -2.38. The molecule has 0 aliphatic carbocycles. The second-order valence-corrected chi connectivity index (χ2v) is 6.37. The van der Waals surface area contributed by atoms with Crippen LogP contribution in [0, 0.1) is 0 Å². The Kier molecular flexibility index (Phi) is 4.62. The quantitative estimate of drug-likeness (QED) is 0.465. The smallest absolute Gasteiger partial charge is 0.355 e. The second-order valence-electron chi connectivity index (χ2n) is 5.42. The lowest BCUT2D eigenvalue weighted by atomic mass is 10.00. The van der Waals surface area contributed by atoms with E-state index in [0.717, 1.165) is 11.3 Å². The number of halogens is 1. The predicted molar refractivity (Wildman–Crippen MR) is 87.8 cm³/mol. The van der Waals surface area contributed by atoms with Crippen LogP contribution < -0.4 is 4.74 Å². The number of benzene rings is 1. The van der Waals surface area contributed by atoms with Gasteiger partial charge in [0, 0.05) is 5.41 Å². The number of allylic oxidation sites excluding steroid dienone is 1. The van der Waals surface area contributed by atoms with Crippen molar-refractivity contribution in [3.63, 3.8) is 0 Å². The van der Waals surface area contributed by atoms with Gasteiger partial charge >= 0.3 is 5.97 Å². The number of hydrogen-bond acceptors (Lipinski definition) is 5. The summed E-state index contributed by atoms with van der Waals surface area (Å²) in [5.74, 6) is -0.171. The van der Waals surface area contributed by atoms with Crippen LogP contribution in [0.1, 0.15) is 12.5 Å². The summed E-state index contributed by atoms with van der Waals surface area (Å²) in [6.07, 6.45) is 0. The maximum Gasteiger partial charge on any atom is 0.355 e. The Morgan fingerprint density at radius 1 is 1.33 bits per heavy atom. The summed E-state index contributed by atoms with van der Waals surface area (Å²) < 4.78 is 23.1. The molecule has 3 rings (SSSR count). The fourth-order valence-electron chi connectivity index (χ4n) is 2.51. The molecule has 0 aromatic heterocycles. The van der Waals surface area contributed by atoms with Crippen molar-refractivity contribution in [2.75, 3.05) is 13.8 Å². The Labute approximate surface area is 143 Å². The minimum atomic E-state index is -0.663. The Morgan fingerprint density at radius 2 is 2.04 bits per heavy atom. The van der Waals surface area contributed by atoms with Gasteiger partial charge < -0.3 is 9.47 Å². The average Bonchev–Trinajstić information content (AvgIpc) is 2.99. The summed E-state index contributed by atoms with van der Waals surface area (Å²) in [7, 11) is 1.58. The monoisotopic (exact) mass is 349 g/mol. The molecule has 0 spiro atoms. The number of esters is 1. The van der Waals surface area contributed by atoms with E-state index in [1.54, 1.807) is 43.7 Å². The normalized spacial score (nSPS) is 21.0. The van der Waals surface area contributed by atoms with Crippen LogP contribution in [0.2, 0.25) is 0 Å². The number of amides is 1. The van der Waals surface area contributed by atoms with E-state index in [-0.39, 0.29) is 23.6 Å². The zero-order chi connectivity index (χ0) is 17.3. The first-order valence-electron chi connectivity index (χ1n) is 7.31.